The summed E-state index contributed by atoms with van der Waals surface area (Å²) in [6.07, 6.45) is 0. The van der Waals surface area contributed by atoms with Crippen LogP contribution in [-0.2, 0) is 6.61 Å². The minimum atomic E-state index is -0.306. The Morgan fingerprint density at radius 3 is 2.50 bits per heavy atom. The molecule has 0 unspecified atom stereocenters. The second kappa shape index (κ2) is 6.31. The molecule has 0 saturated carbocycles. The Morgan fingerprint density at radius 1 is 0.864 bits per heavy atom. The van der Waals surface area contributed by atoms with Gasteiger partial charge in [0.1, 0.15) is 18.2 Å². The molecule has 0 bridgehead atoms. The van der Waals surface area contributed by atoms with Crippen LogP contribution in [0.2, 0.25) is 0 Å². The Hall–Kier alpha value is -2.81. The lowest BCUT2D eigenvalue weighted by Crippen LogP contribution is -1.96. The van der Waals surface area contributed by atoms with E-state index in [0.717, 1.165) is 16.9 Å². The highest BCUT2D eigenvalue weighted by Crippen LogP contribution is 2.29. The molecule has 3 aromatic carbocycles. The summed E-state index contributed by atoms with van der Waals surface area (Å²) in [4.78, 5) is 0. The van der Waals surface area contributed by atoms with E-state index >= 15 is 0 Å². The highest BCUT2D eigenvalue weighted by molar-refractivity contribution is 5.76. The summed E-state index contributed by atoms with van der Waals surface area (Å²) in [5.74, 6) is 0.421. The first-order valence-corrected chi connectivity index (χ1v) is 7.04. The van der Waals surface area contributed by atoms with Crippen LogP contribution >= 0.6 is 0 Å². The van der Waals surface area contributed by atoms with E-state index in [1.165, 1.54) is 12.1 Å². The van der Waals surface area contributed by atoms with Crippen molar-refractivity contribution in [3.63, 3.8) is 0 Å². The summed E-state index contributed by atoms with van der Waals surface area (Å²) in [6.45, 7) is 0.489. The van der Waals surface area contributed by atoms with E-state index < -0.39 is 0 Å². The van der Waals surface area contributed by atoms with Crippen LogP contribution in [0.3, 0.4) is 0 Å². The number of benzene rings is 3. The molecule has 0 atom stereocenters. The number of nitrogens with two attached hydrogens (primary N) is 1. The van der Waals surface area contributed by atoms with Crippen molar-refractivity contribution in [2.24, 2.45) is 0 Å². The van der Waals surface area contributed by atoms with Crippen molar-refractivity contribution in [3.8, 4) is 16.9 Å². The van der Waals surface area contributed by atoms with Gasteiger partial charge in [-0.1, -0.05) is 42.5 Å². The van der Waals surface area contributed by atoms with Crippen molar-refractivity contribution in [2.75, 3.05) is 5.73 Å². The first kappa shape index (κ1) is 14.1. The zero-order valence-corrected chi connectivity index (χ0v) is 12.0. The summed E-state index contributed by atoms with van der Waals surface area (Å²) in [5.41, 5.74) is 9.07. The first-order valence-electron chi connectivity index (χ1n) is 7.04. The van der Waals surface area contributed by atoms with Gasteiger partial charge in [0, 0.05) is 11.3 Å². The fourth-order valence-electron chi connectivity index (χ4n) is 2.27. The maximum atomic E-state index is 13.4. The first-order chi connectivity index (χ1) is 10.7. The predicted molar refractivity (Wildman–Crippen MR) is 87.0 cm³/mol. The predicted octanol–water partition coefficient (Wildman–Crippen LogP) is 4.65. The summed E-state index contributed by atoms with van der Waals surface area (Å²) in [7, 11) is 0. The molecule has 0 heterocycles. The topological polar surface area (TPSA) is 35.2 Å². The van der Waals surface area contributed by atoms with Crippen LogP contribution in [-0.4, -0.2) is 0 Å². The summed E-state index contributed by atoms with van der Waals surface area (Å²) in [6, 6.07) is 21.8. The molecule has 0 aliphatic carbocycles. The number of nitrogen functional groups attached to an aromatic ring is 1. The van der Waals surface area contributed by atoms with Crippen LogP contribution in [0.4, 0.5) is 10.1 Å². The molecule has 3 rings (SSSR count). The lowest BCUT2D eigenvalue weighted by Gasteiger charge is -2.10. The minimum Gasteiger partial charge on any atom is -0.489 e. The van der Waals surface area contributed by atoms with Crippen molar-refractivity contribution >= 4 is 5.69 Å². The molecular weight excluding hydrogens is 277 g/mol. The van der Waals surface area contributed by atoms with Gasteiger partial charge in [-0.3, -0.25) is 0 Å². The lowest BCUT2D eigenvalue weighted by atomic mass is 10.0. The van der Waals surface area contributed by atoms with Gasteiger partial charge >= 0.3 is 0 Å². The SMILES string of the molecule is Nc1ccc(F)cc1-c1cccc(OCc2ccccc2)c1. The van der Waals surface area contributed by atoms with Crippen molar-refractivity contribution < 1.29 is 9.13 Å². The zero-order valence-electron chi connectivity index (χ0n) is 12.0. The Kier molecular flexibility index (Phi) is 4.05. The third-order valence-corrected chi connectivity index (χ3v) is 3.41. The Morgan fingerprint density at radius 2 is 1.68 bits per heavy atom. The Bertz CT molecular complexity index is 771. The summed E-state index contributed by atoms with van der Waals surface area (Å²) in [5, 5.41) is 0. The molecule has 0 fully saturated rings. The van der Waals surface area contributed by atoms with Crippen molar-refractivity contribution in [1.29, 1.82) is 0 Å². The fourth-order valence-corrected chi connectivity index (χ4v) is 2.27. The molecule has 0 radical (unpaired) electrons. The van der Waals surface area contributed by atoms with Crippen LogP contribution in [0.5, 0.6) is 5.75 Å². The highest BCUT2D eigenvalue weighted by Gasteiger charge is 2.06. The van der Waals surface area contributed by atoms with Gasteiger partial charge in [0.05, 0.1) is 0 Å². The average Bonchev–Trinajstić information content (AvgIpc) is 2.56. The third kappa shape index (κ3) is 3.26. The normalized spacial score (nSPS) is 10.4. The molecule has 2 N–H and O–H groups in total. The maximum absolute atomic E-state index is 13.4. The van der Waals surface area contributed by atoms with E-state index in [9.17, 15) is 4.39 Å². The van der Waals surface area contributed by atoms with E-state index in [2.05, 4.69) is 0 Å². The molecule has 0 aliphatic rings. The zero-order chi connectivity index (χ0) is 15.4. The van der Waals surface area contributed by atoms with Crippen LogP contribution < -0.4 is 10.5 Å². The third-order valence-electron chi connectivity index (χ3n) is 3.41. The van der Waals surface area contributed by atoms with Crippen molar-refractivity contribution in [2.45, 2.75) is 6.61 Å². The quantitative estimate of drug-likeness (QED) is 0.710. The second-order valence-corrected chi connectivity index (χ2v) is 5.03. The van der Waals surface area contributed by atoms with E-state index in [4.69, 9.17) is 10.5 Å². The van der Waals surface area contributed by atoms with E-state index in [-0.39, 0.29) is 5.82 Å². The molecule has 3 heteroatoms. The molecule has 0 aromatic heterocycles. The van der Waals surface area contributed by atoms with Crippen LogP contribution in [0.1, 0.15) is 5.56 Å². The Labute approximate surface area is 129 Å². The smallest absolute Gasteiger partial charge is 0.123 e. The van der Waals surface area contributed by atoms with E-state index in [1.807, 2.05) is 54.6 Å². The van der Waals surface area contributed by atoms with E-state index in [1.54, 1.807) is 6.07 Å². The average molecular weight is 293 g/mol. The van der Waals surface area contributed by atoms with Gasteiger partial charge < -0.3 is 10.5 Å². The number of halogens is 1. The van der Waals surface area contributed by atoms with Crippen molar-refractivity contribution in [3.05, 3.63) is 84.2 Å². The number of hydrogen-bond donors (Lipinski definition) is 1. The maximum Gasteiger partial charge on any atom is 0.123 e. The van der Waals surface area contributed by atoms with Gasteiger partial charge in [0.15, 0.2) is 0 Å². The Balaban J connectivity index is 1.82. The van der Waals surface area contributed by atoms with Gasteiger partial charge in [-0.2, -0.15) is 0 Å². The van der Waals surface area contributed by atoms with Crippen LogP contribution in [0.15, 0.2) is 72.8 Å². The molecule has 22 heavy (non-hydrogen) atoms. The number of rotatable bonds is 4. The van der Waals surface area contributed by atoms with Gasteiger partial charge in [0.25, 0.3) is 0 Å². The molecule has 0 amide bonds. The second-order valence-electron chi connectivity index (χ2n) is 5.03. The molecule has 0 saturated heterocycles. The standard InChI is InChI=1S/C19H16FNO/c20-16-9-10-19(21)18(12-16)15-7-4-8-17(11-15)22-13-14-5-2-1-3-6-14/h1-12H,13,21H2. The number of ether oxygens (including phenoxy) is 1. The van der Waals surface area contributed by atoms with Gasteiger partial charge in [-0.25, -0.2) is 4.39 Å². The van der Waals surface area contributed by atoms with Crippen LogP contribution in [0.25, 0.3) is 11.1 Å². The van der Waals surface area contributed by atoms with Crippen molar-refractivity contribution in [1.82, 2.24) is 0 Å². The van der Waals surface area contributed by atoms with Gasteiger partial charge in [0.2, 0.25) is 0 Å². The molecule has 110 valence electrons. The highest BCUT2D eigenvalue weighted by atomic mass is 19.1. The monoisotopic (exact) mass is 293 g/mol. The molecule has 0 spiro atoms. The van der Waals surface area contributed by atoms with Gasteiger partial charge in [-0.15, -0.1) is 0 Å². The van der Waals surface area contributed by atoms with E-state index in [0.29, 0.717) is 17.9 Å². The summed E-state index contributed by atoms with van der Waals surface area (Å²) < 4.78 is 19.2. The summed E-state index contributed by atoms with van der Waals surface area (Å²) >= 11 is 0. The molecule has 0 aliphatic heterocycles. The molecule has 2 nitrogen and oxygen atoms in total. The van der Waals surface area contributed by atoms with Gasteiger partial charge in [-0.05, 0) is 41.5 Å². The van der Waals surface area contributed by atoms with Crippen LogP contribution in [0, 0.1) is 5.82 Å². The molecular formula is C19H16FNO. The minimum absolute atomic E-state index is 0.306. The number of hydrogen-bond acceptors (Lipinski definition) is 2. The number of anilines is 1. The largest absolute Gasteiger partial charge is 0.489 e. The fraction of sp³-hybridized carbons (Fsp3) is 0.0526. The molecule has 3 aromatic rings. The lowest BCUT2D eigenvalue weighted by molar-refractivity contribution is 0.306.